The van der Waals surface area contributed by atoms with E-state index in [4.69, 9.17) is 4.74 Å². The van der Waals surface area contributed by atoms with E-state index in [2.05, 4.69) is 20.5 Å². The van der Waals surface area contributed by atoms with Crippen LogP contribution in [0.25, 0.3) is 0 Å². The van der Waals surface area contributed by atoms with Gasteiger partial charge in [-0.1, -0.05) is 0 Å². The lowest BCUT2D eigenvalue weighted by Crippen LogP contribution is -2.16. The molecule has 1 saturated carbocycles. The predicted molar refractivity (Wildman–Crippen MR) is 74.2 cm³/mol. The molecule has 0 aliphatic heterocycles. The quantitative estimate of drug-likeness (QED) is 0.860. The van der Waals surface area contributed by atoms with Gasteiger partial charge in [-0.25, -0.2) is 0 Å². The van der Waals surface area contributed by atoms with Crippen LogP contribution in [0.1, 0.15) is 30.2 Å². The second-order valence-corrected chi connectivity index (χ2v) is 5.15. The van der Waals surface area contributed by atoms with Crippen LogP contribution < -0.4 is 10.1 Å². The fourth-order valence-electron chi connectivity index (χ4n) is 1.86. The summed E-state index contributed by atoms with van der Waals surface area (Å²) in [5, 5.41) is 11.5. The smallest absolute Gasteiger partial charge is 0.170 e. The van der Waals surface area contributed by atoms with Gasteiger partial charge in [-0.05, 0) is 31.9 Å². The van der Waals surface area contributed by atoms with Gasteiger partial charge in [-0.2, -0.15) is 0 Å². The molecule has 0 aromatic carbocycles. The Bertz CT molecular complexity index is 574. The second kappa shape index (κ2) is 5.58. The van der Waals surface area contributed by atoms with Crippen molar-refractivity contribution in [3.63, 3.8) is 0 Å². The molecule has 1 aliphatic rings. The fourth-order valence-corrected chi connectivity index (χ4v) is 1.86. The summed E-state index contributed by atoms with van der Waals surface area (Å²) in [5.74, 6) is 2.44. The van der Waals surface area contributed by atoms with Crippen molar-refractivity contribution in [3.05, 3.63) is 35.7 Å². The lowest BCUT2D eigenvalue weighted by molar-refractivity contribution is 0.289. The highest BCUT2D eigenvalue weighted by Crippen LogP contribution is 2.19. The van der Waals surface area contributed by atoms with Gasteiger partial charge in [0, 0.05) is 19.6 Å². The molecule has 0 atom stereocenters. The third-order valence-electron chi connectivity index (χ3n) is 3.50. The van der Waals surface area contributed by atoms with E-state index in [1.807, 2.05) is 30.7 Å². The van der Waals surface area contributed by atoms with Crippen molar-refractivity contribution in [1.82, 2.24) is 25.1 Å². The zero-order valence-corrected chi connectivity index (χ0v) is 11.8. The Morgan fingerprint density at radius 2 is 2.20 bits per heavy atom. The Morgan fingerprint density at radius 1 is 1.35 bits per heavy atom. The average Bonchev–Trinajstić information content (AvgIpc) is 3.24. The van der Waals surface area contributed by atoms with Gasteiger partial charge in [0.1, 0.15) is 18.2 Å². The number of hydrogen-bond donors (Lipinski definition) is 1. The normalized spacial score (nSPS) is 14.5. The largest absolute Gasteiger partial charge is 0.484 e. The molecule has 0 radical (unpaired) electrons. The number of nitrogens with one attached hydrogen (secondary N) is 1. The van der Waals surface area contributed by atoms with Crippen molar-refractivity contribution >= 4 is 0 Å². The monoisotopic (exact) mass is 273 g/mol. The molecule has 1 N–H and O–H groups in total. The molecule has 0 bridgehead atoms. The first-order valence-corrected chi connectivity index (χ1v) is 6.88. The van der Waals surface area contributed by atoms with Crippen LogP contribution in [0.3, 0.4) is 0 Å². The van der Waals surface area contributed by atoms with E-state index in [1.54, 1.807) is 6.20 Å². The van der Waals surface area contributed by atoms with E-state index in [1.165, 1.54) is 12.8 Å². The van der Waals surface area contributed by atoms with Crippen LogP contribution in [0.4, 0.5) is 0 Å². The number of aryl methyl sites for hydroxylation is 1. The van der Waals surface area contributed by atoms with Crippen molar-refractivity contribution < 1.29 is 4.74 Å². The van der Waals surface area contributed by atoms with Gasteiger partial charge in [0.05, 0.1) is 11.9 Å². The van der Waals surface area contributed by atoms with Gasteiger partial charge >= 0.3 is 0 Å². The summed E-state index contributed by atoms with van der Waals surface area (Å²) in [7, 11) is 1.93. The van der Waals surface area contributed by atoms with E-state index in [9.17, 15) is 0 Å². The first-order valence-electron chi connectivity index (χ1n) is 6.88. The minimum Gasteiger partial charge on any atom is -0.484 e. The van der Waals surface area contributed by atoms with Gasteiger partial charge < -0.3 is 14.6 Å². The molecule has 2 aromatic rings. The van der Waals surface area contributed by atoms with E-state index in [-0.39, 0.29) is 0 Å². The molecule has 1 fully saturated rings. The summed E-state index contributed by atoms with van der Waals surface area (Å²) in [6.07, 6.45) is 4.34. The topological polar surface area (TPSA) is 64.9 Å². The van der Waals surface area contributed by atoms with Crippen LogP contribution in [0.2, 0.25) is 0 Å². The summed E-state index contributed by atoms with van der Waals surface area (Å²) < 4.78 is 7.59. The number of rotatable bonds is 6. The molecule has 2 aromatic heterocycles. The van der Waals surface area contributed by atoms with Crippen LogP contribution in [0.15, 0.2) is 18.3 Å². The van der Waals surface area contributed by atoms with Crippen LogP contribution in [-0.4, -0.2) is 25.8 Å². The minimum absolute atomic E-state index is 0.401. The molecule has 3 rings (SSSR count). The molecule has 6 heteroatoms. The molecule has 2 heterocycles. The molecule has 0 unspecified atom stereocenters. The maximum absolute atomic E-state index is 5.67. The maximum Gasteiger partial charge on any atom is 0.170 e. The first kappa shape index (κ1) is 13.1. The van der Waals surface area contributed by atoms with Crippen LogP contribution in [0.5, 0.6) is 5.75 Å². The molecule has 20 heavy (non-hydrogen) atoms. The van der Waals surface area contributed by atoms with E-state index in [0.717, 1.165) is 29.6 Å². The first-order chi connectivity index (χ1) is 9.72. The summed E-state index contributed by atoms with van der Waals surface area (Å²) in [6, 6.07) is 4.64. The zero-order chi connectivity index (χ0) is 13.9. The minimum atomic E-state index is 0.401. The highest BCUT2D eigenvalue weighted by atomic mass is 16.5. The standard InChI is InChI=1S/C14H19N5O/c1-10-17-18-14(19(10)2)9-20-13-6-5-12(16-8-13)7-15-11-3-4-11/h5-6,8,11,15H,3-4,7,9H2,1-2H3. The number of hydrogen-bond acceptors (Lipinski definition) is 5. The maximum atomic E-state index is 5.67. The van der Waals surface area contributed by atoms with E-state index < -0.39 is 0 Å². The van der Waals surface area contributed by atoms with Crippen molar-refractivity contribution in [3.8, 4) is 5.75 Å². The van der Waals surface area contributed by atoms with E-state index in [0.29, 0.717) is 12.6 Å². The zero-order valence-electron chi connectivity index (χ0n) is 11.8. The summed E-state index contributed by atoms with van der Waals surface area (Å²) in [5.41, 5.74) is 1.04. The number of pyridine rings is 1. The average molecular weight is 273 g/mol. The molecule has 0 amide bonds. The fraction of sp³-hybridized carbons (Fsp3) is 0.500. The number of nitrogens with zero attached hydrogens (tertiary/aromatic N) is 4. The Labute approximate surface area is 118 Å². The Balaban J connectivity index is 1.53. The molecule has 106 valence electrons. The second-order valence-electron chi connectivity index (χ2n) is 5.15. The van der Waals surface area contributed by atoms with E-state index >= 15 is 0 Å². The molecule has 0 spiro atoms. The third-order valence-corrected chi connectivity index (χ3v) is 3.50. The summed E-state index contributed by atoms with van der Waals surface area (Å²) in [4.78, 5) is 4.39. The molecule has 6 nitrogen and oxygen atoms in total. The molecular weight excluding hydrogens is 254 g/mol. The highest BCUT2D eigenvalue weighted by molar-refractivity contribution is 5.20. The van der Waals surface area contributed by atoms with Gasteiger partial charge in [0.2, 0.25) is 0 Å². The van der Waals surface area contributed by atoms with Crippen molar-refractivity contribution in [2.75, 3.05) is 0 Å². The van der Waals surface area contributed by atoms with Crippen LogP contribution >= 0.6 is 0 Å². The van der Waals surface area contributed by atoms with Crippen molar-refractivity contribution in [2.45, 2.75) is 39.0 Å². The van der Waals surface area contributed by atoms with Crippen LogP contribution in [0, 0.1) is 6.92 Å². The van der Waals surface area contributed by atoms with Gasteiger partial charge in [-0.15, -0.1) is 10.2 Å². The van der Waals surface area contributed by atoms with Crippen LogP contribution in [-0.2, 0) is 20.2 Å². The van der Waals surface area contributed by atoms with Gasteiger partial charge in [-0.3, -0.25) is 4.98 Å². The lowest BCUT2D eigenvalue weighted by atomic mass is 10.3. The number of aromatic nitrogens is 4. The predicted octanol–water partition coefficient (Wildman–Crippen LogP) is 1.35. The highest BCUT2D eigenvalue weighted by Gasteiger charge is 2.20. The Hall–Kier alpha value is -1.95. The van der Waals surface area contributed by atoms with Gasteiger partial charge in [0.15, 0.2) is 5.82 Å². The SMILES string of the molecule is Cc1nnc(COc2ccc(CNC3CC3)nc2)n1C. The molecule has 0 saturated heterocycles. The summed E-state index contributed by atoms with van der Waals surface area (Å²) >= 11 is 0. The number of ether oxygens (including phenoxy) is 1. The van der Waals surface area contributed by atoms with Crippen molar-refractivity contribution in [1.29, 1.82) is 0 Å². The summed E-state index contributed by atoms with van der Waals surface area (Å²) in [6.45, 7) is 3.14. The Morgan fingerprint density at radius 3 is 2.80 bits per heavy atom. The van der Waals surface area contributed by atoms with Gasteiger partial charge in [0.25, 0.3) is 0 Å². The van der Waals surface area contributed by atoms with Crippen molar-refractivity contribution in [2.24, 2.45) is 7.05 Å². The molecular formula is C14H19N5O. The third kappa shape index (κ3) is 3.14. The molecule has 1 aliphatic carbocycles. The Kier molecular flexibility index (Phi) is 3.64. The lowest BCUT2D eigenvalue weighted by Gasteiger charge is -2.07.